The van der Waals surface area contributed by atoms with Crippen LogP contribution in [-0.2, 0) is 9.59 Å². The normalized spacial score (nSPS) is 16.0. The third-order valence-electron chi connectivity index (χ3n) is 3.29. The maximum atomic E-state index is 12.3. The number of nitrogens with one attached hydrogen (secondary N) is 1. The molecule has 1 fully saturated rings. The molecule has 25 heavy (non-hydrogen) atoms. The molecular weight excluding hydrogens is 364 g/mol. The lowest BCUT2D eigenvalue weighted by molar-refractivity contribution is -0.128. The van der Waals surface area contributed by atoms with Crippen LogP contribution >= 0.6 is 23.8 Å². The Labute approximate surface area is 156 Å². The van der Waals surface area contributed by atoms with Gasteiger partial charge in [-0.05, 0) is 42.9 Å². The van der Waals surface area contributed by atoms with Crippen molar-refractivity contribution in [3.63, 3.8) is 0 Å². The Morgan fingerprint density at radius 1 is 1.36 bits per heavy atom. The summed E-state index contributed by atoms with van der Waals surface area (Å²) in [5, 5.41) is 2.81. The summed E-state index contributed by atoms with van der Waals surface area (Å²) in [5.41, 5.74) is 0.480. The number of likely N-dealkylation sites (N-methyl/N-ethyl adjacent to an activating group) is 1. The van der Waals surface area contributed by atoms with Crippen molar-refractivity contribution in [3.05, 3.63) is 40.9 Å². The minimum absolute atomic E-state index is 0.0469. The van der Waals surface area contributed by atoms with E-state index >= 15 is 0 Å². The monoisotopic (exact) mass is 380 g/mol. The molecule has 1 saturated heterocycles. The molecule has 0 aromatic heterocycles. The van der Waals surface area contributed by atoms with Gasteiger partial charge >= 0.3 is 0 Å². The zero-order valence-electron chi connectivity index (χ0n) is 13.8. The summed E-state index contributed by atoms with van der Waals surface area (Å²) >= 11 is 11.2. The Morgan fingerprint density at radius 2 is 2.08 bits per heavy atom. The summed E-state index contributed by atoms with van der Waals surface area (Å²) in [6.45, 7) is 6.08. The molecule has 0 radical (unpaired) electrons. The van der Waals surface area contributed by atoms with E-state index in [2.05, 4.69) is 11.9 Å². The van der Waals surface area contributed by atoms with Gasteiger partial charge in [-0.15, -0.1) is 0 Å². The number of hydrogen-bond acceptors (Lipinski definition) is 5. The van der Waals surface area contributed by atoms with Crippen LogP contribution in [-0.4, -0.2) is 42.1 Å². The quantitative estimate of drug-likeness (QED) is 0.355. The highest BCUT2D eigenvalue weighted by molar-refractivity contribution is 7.80. The second-order valence-electron chi connectivity index (χ2n) is 5.04. The summed E-state index contributed by atoms with van der Waals surface area (Å²) in [4.78, 5) is 25.5. The molecule has 0 atom stereocenters. The van der Waals surface area contributed by atoms with Crippen LogP contribution in [0.3, 0.4) is 0 Å². The molecule has 1 heterocycles. The van der Waals surface area contributed by atoms with Gasteiger partial charge in [0, 0.05) is 7.05 Å². The highest BCUT2D eigenvalue weighted by Gasteiger charge is 2.30. The third-order valence-corrected chi connectivity index (χ3v) is 3.95. The number of hydrogen-bond donors (Lipinski definition) is 1. The zero-order chi connectivity index (χ0) is 18.6. The van der Waals surface area contributed by atoms with E-state index in [-0.39, 0.29) is 17.3 Å². The van der Waals surface area contributed by atoms with Gasteiger partial charge in [0.05, 0.1) is 11.6 Å². The molecule has 6 nitrogen and oxygen atoms in total. The van der Waals surface area contributed by atoms with E-state index in [4.69, 9.17) is 33.3 Å². The number of carbonyl (C=O) groups is 2. The Hall–Kier alpha value is -2.38. The number of nitrogens with zero attached hydrogens (tertiary/aromatic N) is 1. The first kappa shape index (κ1) is 19.0. The fourth-order valence-corrected chi connectivity index (χ4v) is 2.58. The van der Waals surface area contributed by atoms with E-state index in [1.807, 2.05) is 6.92 Å². The predicted molar refractivity (Wildman–Crippen MR) is 99.8 cm³/mol. The predicted octanol–water partition coefficient (Wildman–Crippen LogP) is 2.56. The maximum absolute atomic E-state index is 12.3. The van der Waals surface area contributed by atoms with Crippen molar-refractivity contribution < 1.29 is 19.1 Å². The van der Waals surface area contributed by atoms with Crippen LogP contribution in [0.25, 0.3) is 6.08 Å². The van der Waals surface area contributed by atoms with Gasteiger partial charge in [-0.25, -0.2) is 0 Å². The van der Waals surface area contributed by atoms with Gasteiger partial charge in [0.1, 0.15) is 12.2 Å². The average molecular weight is 381 g/mol. The van der Waals surface area contributed by atoms with Crippen molar-refractivity contribution in [1.29, 1.82) is 0 Å². The van der Waals surface area contributed by atoms with E-state index in [9.17, 15) is 9.59 Å². The molecule has 0 aliphatic carbocycles. The largest absolute Gasteiger partial charge is 0.490 e. The molecule has 1 aromatic rings. The van der Waals surface area contributed by atoms with Crippen molar-refractivity contribution >= 4 is 46.8 Å². The van der Waals surface area contributed by atoms with Gasteiger partial charge in [-0.2, -0.15) is 0 Å². The van der Waals surface area contributed by atoms with E-state index in [1.165, 1.54) is 18.0 Å². The SMILES string of the molecule is C=CCOc1c(Cl)cc(/C=C2\C(=O)NC(=S)N(C)C2=O)cc1OCC. The van der Waals surface area contributed by atoms with Crippen LogP contribution < -0.4 is 14.8 Å². The van der Waals surface area contributed by atoms with Crippen molar-refractivity contribution in [2.24, 2.45) is 0 Å². The average Bonchev–Trinajstić information content (AvgIpc) is 2.56. The van der Waals surface area contributed by atoms with E-state index < -0.39 is 11.8 Å². The van der Waals surface area contributed by atoms with E-state index in [0.29, 0.717) is 28.7 Å². The molecule has 132 valence electrons. The Kier molecular flexibility index (Phi) is 6.17. The molecule has 2 rings (SSSR count). The Bertz CT molecular complexity index is 776. The number of rotatable bonds is 6. The molecule has 8 heteroatoms. The summed E-state index contributed by atoms with van der Waals surface area (Å²) in [6.07, 6.45) is 3.02. The molecular formula is C17H17ClN2O4S. The maximum Gasteiger partial charge on any atom is 0.265 e. The van der Waals surface area contributed by atoms with Gasteiger partial charge in [0.25, 0.3) is 11.8 Å². The highest BCUT2D eigenvalue weighted by atomic mass is 35.5. The van der Waals surface area contributed by atoms with Crippen LogP contribution in [0.5, 0.6) is 11.5 Å². The lowest BCUT2D eigenvalue weighted by Gasteiger charge is -2.25. The highest BCUT2D eigenvalue weighted by Crippen LogP contribution is 2.37. The molecule has 0 saturated carbocycles. The van der Waals surface area contributed by atoms with E-state index in [0.717, 1.165) is 0 Å². The smallest absolute Gasteiger partial charge is 0.265 e. The lowest BCUT2D eigenvalue weighted by Crippen LogP contribution is -2.52. The fourth-order valence-electron chi connectivity index (χ4n) is 2.13. The first-order valence-corrected chi connectivity index (χ1v) is 8.22. The lowest BCUT2D eigenvalue weighted by atomic mass is 10.1. The van der Waals surface area contributed by atoms with Crippen LogP contribution in [0.2, 0.25) is 5.02 Å². The number of carbonyl (C=O) groups excluding carboxylic acids is 2. The first-order valence-electron chi connectivity index (χ1n) is 7.44. The number of ether oxygens (including phenoxy) is 2. The molecule has 2 amide bonds. The number of thiocarbonyl (C=S) groups is 1. The van der Waals surface area contributed by atoms with E-state index in [1.54, 1.807) is 18.2 Å². The van der Waals surface area contributed by atoms with Crippen molar-refractivity contribution in [3.8, 4) is 11.5 Å². The van der Waals surface area contributed by atoms with Crippen LogP contribution in [0.15, 0.2) is 30.4 Å². The Morgan fingerprint density at radius 3 is 2.72 bits per heavy atom. The van der Waals surface area contributed by atoms with Gasteiger partial charge < -0.3 is 9.47 Å². The molecule has 1 aromatic carbocycles. The minimum Gasteiger partial charge on any atom is -0.490 e. The number of halogens is 1. The van der Waals surface area contributed by atoms with Crippen molar-refractivity contribution in [2.45, 2.75) is 6.92 Å². The van der Waals surface area contributed by atoms with Crippen molar-refractivity contribution in [1.82, 2.24) is 10.2 Å². The summed E-state index contributed by atoms with van der Waals surface area (Å²) in [6, 6.07) is 3.23. The molecule has 1 aliphatic rings. The summed E-state index contributed by atoms with van der Waals surface area (Å²) in [7, 11) is 1.49. The number of benzene rings is 1. The molecule has 0 spiro atoms. The second kappa shape index (κ2) is 8.13. The van der Waals surface area contributed by atoms with Gasteiger partial charge in [0.15, 0.2) is 16.6 Å². The molecule has 1 aliphatic heterocycles. The van der Waals surface area contributed by atoms with Crippen LogP contribution in [0.4, 0.5) is 0 Å². The van der Waals surface area contributed by atoms with Crippen LogP contribution in [0.1, 0.15) is 12.5 Å². The number of amides is 2. The first-order chi connectivity index (χ1) is 11.9. The Balaban J connectivity index is 2.45. The molecule has 0 unspecified atom stereocenters. The van der Waals surface area contributed by atoms with Crippen molar-refractivity contribution in [2.75, 3.05) is 20.3 Å². The van der Waals surface area contributed by atoms with Crippen LogP contribution in [0, 0.1) is 0 Å². The summed E-state index contributed by atoms with van der Waals surface area (Å²) in [5.74, 6) is -0.261. The third kappa shape index (κ3) is 4.18. The fraction of sp³-hybridized carbons (Fsp3) is 0.235. The van der Waals surface area contributed by atoms with Gasteiger partial charge in [-0.1, -0.05) is 24.3 Å². The van der Waals surface area contributed by atoms with Gasteiger partial charge in [0.2, 0.25) is 0 Å². The molecule has 0 bridgehead atoms. The molecule has 1 N–H and O–H groups in total. The summed E-state index contributed by atoms with van der Waals surface area (Å²) < 4.78 is 11.1. The minimum atomic E-state index is -0.561. The zero-order valence-corrected chi connectivity index (χ0v) is 15.4. The topological polar surface area (TPSA) is 67.9 Å². The van der Waals surface area contributed by atoms with Gasteiger partial charge in [-0.3, -0.25) is 19.8 Å². The standard InChI is InChI=1S/C17H17ClN2O4S/c1-4-6-24-14-12(18)8-10(9-13(14)23-5-2)7-11-15(21)19-17(25)20(3)16(11)22/h4,7-9H,1,5-6H2,2-3H3,(H,19,21,25)/b11-7+. The second-order valence-corrected chi connectivity index (χ2v) is 5.84.